The number of nitrogens with zero attached hydrogens (tertiary/aromatic N) is 5. The average molecular weight is 547 g/mol. The molecule has 6 rings (SSSR count). The maximum atomic E-state index is 9.42. The highest BCUT2D eigenvalue weighted by molar-refractivity contribution is 8.00. The Morgan fingerprint density at radius 3 is 2.65 bits per heavy atom. The number of anilines is 1. The Balaban J connectivity index is 1.41. The van der Waals surface area contributed by atoms with Gasteiger partial charge in [-0.05, 0) is 74.2 Å². The van der Waals surface area contributed by atoms with E-state index in [1.54, 1.807) is 0 Å². The smallest absolute Gasteiger partial charge is 0.182 e. The van der Waals surface area contributed by atoms with Crippen LogP contribution < -0.4 is 4.72 Å². The van der Waals surface area contributed by atoms with Crippen molar-refractivity contribution in [2.75, 3.05) is 4.72 Å². The second-order valence-electron chi connectivity index (χ2n) is 9.96. The Bertz CT molecular complexity index is 1870. The first kappa shape index (κ1) is 25.8. The van der Waals surface area contributed by atoms with Crippen molar-refractivity contribution in [2.45, 2.75) is 51.5 Å². The van der Waals surface area contributed by atoms with Gasteiger partial charge < -0.3 is 18.4 Å². The van der Waals surface area contributed by atoms with Crippen LogP contribution in [-0.4, -0.2) is 19.3 Å². The number of hydrogen-bond acceptors (Lipinski definition) is 6. The molecule has 40 heavy (non-hydrogen) atoms. The first-order valence-electron chi connectivity index (χ1n) is 13.5. The zero-order valence-electron chi connectivity index (χ0n) is 22.8. The van der Waals surface area contributed by atoms with Crippen LogP contribution in [0.5, 0.6) is 0 Å². The van der Waals surface area contributed by atoms with E-state index in [1.165, 1.54) is 22.9 Å². The van der Waals surface area contributed by atoms with Gasteiger partial charge in [0.2, 0.25) is 0 Å². The number of benzene rings is 3. The molecule has 3 heterocycles. The van der Waals surface area contributed by atoms with Crippen molar-refractivity contribution in [1.82, 2.24) is 19.3 Å². The minimum atomic E-state index is 0.634. The van der Waals surface area contributed by atoms with Gasteiger partial charge in [-0.25, -0.2) is 4.98 Å². The van der Waals surface area contributed by atoms with Crippen LogP contribution in [0.1, 0.15) is 48.0 Å². The molecule has 8 heteroatoms. The average Bonchev–Trinajstić information content (AvgIpc) is 3.64. The van der Waals surface area contributed by atoms with Crippen molar-refractivity contribution in [3.05, 3.63) is 101 Å². The summed E-state index contributed by atoms with van der Waals surface area (Å²) < 4.78 is 13.3. The second kappa shape index (κ2) is 10.9. The zero-order valence-corrected chi connectivity index (χ0v) is 23.6. The summed E-state index contributed by atoms with van der Waals surface area (Å²) in [6.45, 7) is 6.81. The Morgan fingerprint density at radius 2 is 1.85 bits per heavy atom. The van der Waals surface area contributed by atoms with Gasteiger partial charge in [0.25, 0.3) is 0 Å². The fourth-order valence-electron chi connectivity index (χ4n) is 5.06. The van der Waals surface area contributed by atoms with Gasteiger partial charge in [0.1, 0.15) is 11.6 Å². The summed E-state index contributed by atoms with van der Waals surface area (Å²) in [4.78, 5) is 6.04. The largest absolute Gasteiger partial charge is 0.359 e. The first-order valence-corrected chi connectivity index (χ1v) is 14.3. The minimum Gasteiger partial charge on any atom is -0.359 e. The third kappa shape index (κ3) is 4.74. The normalized spacial score (nSPS) is 11.3. The van der Waals surface area contributed by atoms with Gasteiger partial charge in [0.05, 0.1) is 45.3 Å². The monoisotopic (exact) mass is 546 g/mol. The topological polar surface area (TPSA) is 84.6 Å². The molecule has 7 nitrogen and oxygen atoms in total. The molecule has 0 aliphatic heterocycles. The summed E-state index contributed by atoms with van der Waals surface area (Å²) >= 11 is 1.53. The van der Waals surface area contributed by atoms with Crippen LogP contribution in [0, 0.1) is 25.2 Å². The SMILES string of the molecule is CCCCc1nc2cc(C#N)ccc2n1Cc1cn(-c2ccccc2SNc2noc(C)c2C)c2ccccc12. The van der Waals surface area contributed by atoms with Gasteiger partial charge in [0.15, 0.2) is 5.82 Å². The molecule has 0 fully saturated rings. The van der Waals surface area contributed by atoms with Crippen LogP contribution in [0.15, 0.2) is 82.3 Å². The second-order valence-corrected chi connectivity index (χ2v) is 10.8. The summed E-state index contributed by atoms with van der Waals surface area (Å²) in [7, 11) is 0. The number of nitriles is 1. The molecule has 0 aliphatic rings. The van der Waals surface area contributed by atoms with Gasteiger partial charge in [-0.3, -0.25) is 0 Å². The molecule has 0 radical (unpaired) electrons. The fourth-order valence-corrected chi connectivity index (χ4v) is 5.87. The van der Waals surface area contributed by atoms with Gasteiger partial charge in [0, 0.05) is 23.6 Å². The number of fused-ring (bicyclic) bond motifs is 2. The summed E-state index contributed by atoms with van der Waals surface area (Å²) in [6.07, 6.45) is 5.31. The Labute approximate surface area is 237 Å². The molecule has 0 atom stereocenters. The summed E-state index contributed by atoms with van der Waals surface area (Å²) in [5.74, 6) is 2.61. The maximum Gasteiger partial charge on any atom is 0.182 e. The van der Waals surface area contributed by atoms with E-state index in [2.05, 4.69) is 80.7 Å². The van der Waals surface area contributed by atoms with Gasteiger partial charge in [-0.2, -0.15) is 5.26 Å². The van der Waals surface area contributed by atoms with Crippen LogP contribution >= 0.6 is 11.9 Å². The van der Waals surface area contributed by atoms with E-state index in [9.17, 15) is 5.26 Å². The number of imidazole rings is 1. The zero-order chi connectivity index (χ0) is 27.6. The van der Waals surface area contributed by atoms with Crippen LogP contribution in [0.2, 0.25) is 0 Å². The standard InChI is InChI=1S/C32H30N6OS/c1-4-5-14-31-34-26-17-23(18-33)15-16-28(26)38(31)20-24-19-37(27-11-7-6-10-25(24)27)29-12-8-9-13-30(29)40-36-32-21(2)22(3)39-35-32/h6-13,15-17,19H,4-5,14,20H2,1-3H3,(H,35,36). The summed E-state index contributed by atoms with van der Waals surface area (Å²) in [6, 6.07) is 25.0. The maximum absolute atomic E-state index is 9.42. The third-order valence-corrected chi connectivity index (χ3v) is 8.23. The van der Waals surface area contributed by atoms with Crippen molar-refractivity contribution >= 4 is 39.7 Å². The van der Waals surface area contributed by atoms with Gasteiger partial charge >= 0.3 is 0 Å². The molecule has 0 amide bonds. The quantitative estimate of drug-likeness (QED) is 0.185. The molecule has 0 unspecified atom stereocenters. The molecule has 0 saturated carbocycles. The van der Waals surface area contributed by atoms with Crippen LogP contribution in [-0.2, 0) is 13.0 Å². The highest BCUT2D eigenvalue weighted by Crippen LogP contribution is 2.33. The van der Waals surface area contributed by atoms with Crippen LogP contribution in [0.25, 0.3) is 27.6 Å². The summed E-state index contributed by atoms with van der Waals surface area (Å²) in [5.41, 5.74) is 7.01. The highest BCUT2D eigenvalue weighted by Gasteiger charge is 2.17. The van der Waals surface area contributed by atoms with Crippen LogP contribution in [0.3, 0.4) is 0 Å². The lowest BCUT2D eigenvalue weighted by Gasteiger charge is -2.12. The Kier molecular flexibility index (Phi) is 7.06. The first-order chi connectivity index (χ1) is 19.6. The number of aryl methyl sites for hydroxylation is 2. The van der Waals surface area contributed by atoms with E-state index in [0.717, 1.165) is 69.4 Å². The molecule has 0 bridgehead atoms. The molecule has 6 aromatic rings. The van der Waals surface area contributed by atoms with E-state index in [4.69, 9.17) is 9.51 Å². The molecule has 0 aliphatic carbocycles. The lowest BCUT2D eigenvalue weighted by molar-refractivity contribution is 0.399. The number of para-hydroxylation sites is 2. The molecular weight excluding hydrogens is 516 g/mol. The van der Waals surface area contributed by atoms with Crippen molar-refractivity contribution in [2.24, 2.45) is 0 Å². The fraction of sp³-hybridized carbons (Fsp3) is 0.219. The minimum absolute atomic E-state index is 0.634. The third-order valence-electron chi connectivity index (χ3n) is 7.37. The van der Waals surface area contributed by atoms with Gasteiger partial charge in [-0.15, -0.1) is 0 Å². The number of aromatic nitrogens is 4. The molecule has 0 saturated heterocycles. The van der Waals surface area contributed by atoms with Crippen molar-refractivity contribution in [3.8, 4) is 11.8 Å². The predicted molar refractivity (Wildman–Crippen MR) is 161 cm³/mol. The van der Waals surface area contributed by atoms with E-state index < -0.39 is 0 Å². The van der Waals surface area contributed by atoms with E-state index in [0.29, 0.717) is 12.1 Å². The lowest BCUT2D eigenvalue weighted by Crippen LogP contribution is -2.05. The number of hydrogen-bond donors (Lipinski definition) is 1. The van der Waals surface area contributed by atoms with Gasteiger partial charge in [-0.1, -0.05) is 48.8 Å². The molecule has 200 valence electrons. The van der Waals surface area contributed by atoms with E-state index in [1.807, 2.05) is 38.1 Å². The molecule has 1 N–H and O–H groups in total. The predicted octanol–water partition coefficient (Wildman–Crippen LogP) is 7.97. The Hall–Kier alpha value is -4.48. The molecular formula is C32H30N6OS. The molecule has 0 spiro atoms. The number of unbranched alkanes of at least 4 members (excludes halogenated alkanes) is 1. The van der Waals surface area contributed by atoms with Crippen molar-refractivity contribution in [1.29, 1.82) is 5.26 Å². The van der Waals surface area contributed by atoms with Crippen molar-refractivity contribution in [3.63, 3.8) is 0 Å². The number of rotatable bonds is 9. The summed E-state index contributed by atoms with van der Waals surface area (Å²) in [5, 5.41) is 14.8. The molecule has 3 aromatic carbocycles. The number of nitrogens with one attached hydrogen (secondary N) is 1. The lowest BCUT2D eigenvalue weighted by atomic mass is 10.1. The van der Waals surface area contributed by atoms with E-state index in [-0.39, 0.29) is 0 Å². The van der Waals surface area contributed by atoms with Crippen molar-refractivity contribution < 1.29 is 4.52 Å². The van der Waals surface area contributed by atoms with E-state index >= 15 is 0 Å². The Morgan fingerprint density at radius 1 is 1.02 bits per heavy atom. The highest BCUT2D eigenvalue weighted by atomic mass is 32.2. The molecule has 3 aromatic heterocycles. The van der Waals surface area contributed by atoms with Crippen LogP contribution in [0.4, 0.5) is 5.82 Å².